The highest BCUT2D eigenvalue weighted by Gasteiger charge is 2.15. The van der Waals surface area contributed by atoms with Crippen LogP contribution < -0.4 is 0 Å². The molecule has 4 nitrogen and oxygen atoms in total. The zero-order valence-corrected chi connectivity index (χ0v) is 12.0. The molecule has 106 valence electrons. The van der Waals surface area contributed by atoms with E-state index in [-0.39, 0.29) is 12.6 Å². The van der Waals surface area contributed by atoms with Crippen molar-refractivity contribution < 1.29 is 19.0 Å². The Hall–Kier alpha value is -1.04. The van der Waals surface area contributed by atoms with Gasteiger partial charge >= 0.3 is 5.97 Å². The fourth-order valence-corrected chi connectivity index (χ4v) is 1.75. The first-order chi connectivity index (χ1) is 9.24. The Morgan fingerprint density at radius 1 is 1.16 bits per heavy atom. The van der Waals surface area contributed by atoms with Crippen molar-refractivity contribution in [2.24, 2.45) is 0 Å². The van der Waals surface area contributed by atoms with Crippen LogP contribution in [0.25, 0.3) is 0 Å². The Bertz CT molecular complexity index is 356. The highest BCUT2D eigenvalue weighted by molar-refractivity contribution is 7.81. The second kappa shape index (κ2) is 9.83. The molecule has 0 N–H and O–H groups in total. The summed E-state index contributed by atoms with van der Waals surface area (Å²) in [6.45, 7) is 1.66. The van der Waals surface area contributed by atoms with Crippen molar-refractivity contribution in [1.82, 2.24) is 0 Å². The molecule has 0 bridgehead atoms. The van der Waals surface area contributed by atoms with E-state index in [0.717, 1.165) is 5.56 Å². The molecule has 1 aromatic rings. The smallest absolute Gasteiger partial charge is 0.319 e. The van der Waals surface area contributed by atoms with Crippen molar-refractivity contribution in [3.05, 3.63) is 35.9 Å². The molecule has 0 aliphatic carbocycles. The summed E-state index contributed by atoms with van der Waals surface area (Å²) in [6, 6.07) is 9.73. The second-order valence-electron chi connectivity index (χ2n) is 3.98. The summed E-state index contributed by atoms with van der Waals surface area (Å²) in [5, 5.41) is -0.443. The number of ether oxygens (including phenoxy) is 3. The summed E-state index contributed by atoms with van der Waals surface area (Å²) in [6.07, 6.45) is 0.563. The average Bonchev–Trinajstić information content (AvgIpc) is 2.43. The lowest BCUT2D eigenvalue weighted by atomic mass is 10.1. The predicted molar refractivity (Wildman–Crippen MR) is 76.6 cm³/mol. The fourth-order valence-electron chi connectivity index (χ4n) is 1.46. The van der Waals surface area contributed by atoms with Crippen molar-refractivity contribution in [1.29, 1.82) is 0 Å². The molecule has 0 saturated carbocycles. The quantitative estimate of drug-likeness (QED) is 0.426. The molecule has 0 aromatic heterocycles. The van der Waals surface area contributed by atoms with Crippen molar-refractivity contribution in [3.63, 3.8) is 0 Å². The molecule has 0 spiro atoms. The Labute approximate surface area is 119 Å². The molecule has 0 amide bonds. The molecule has 0 saturated heterocycles. The molecular formula is C14H20O4S. The minimum Gasteiger partial charge on any atom is -0.462 e. The van der Waals surface area contributed by atoms with Gasteiger partial charge in [0.1, 0.15) is 11.9 Å². The van der Waals surface area contributed by atoms with Gasteiger partial charge in [-0.15, -0.1) is 0 Å². The molecule has 0 fully saturated rings. The van der Waals surface area contributed by atoms with Gasteiger partial charge < -0.3 is 14.2 Å². The van der Waals surface area contributed by atoms with Gasteiger partial charge in [-0.1, -0.05) is 30.3 Å². The van der Waals surface area contributed by atoms with Crippen molar-refractivity contribution in [2.45, 2.75) is 11.7 Å². The first-order valence-corrected chi connectivity index (χ1v) is 6.71. The van der Waals surface area contributed by atoms with Crippen LogP contribution in [0.3, 0.4) is 0 Å². The highest BCUT2D eigenvalue weighted by Crippen LogP contribution is 2.09. The minimum absolute atomic E-state index is 0.244. The molecular weight excluding hydrogens is 264 g/mol. The molecule has 1 rings (SSSR count). The molecule has 0 aliphatic rings. The molecule has 0 radical (unpaired) electrons. The summed E-state index contributed by atoms with van der Waals surface area (Å²) in [7, 11) is 1.61. The van der Waals surface area contributed by atoms with Crippen LogP contribution >= 0.6 is 12.6 Å². The molecule has 0 aliphatic heterocycles. The maximum absolute atomic E-state index is 11.7. The van der Waals surface area contributed by atoms with Crippen molar-refractivity contribution in [2.75, 3.05) is 33.5 Å². The number of rotatable bonds is 9. The van der Waals surface area contributed by atoms with E-state index >= 15 is 0 Å². The van der Waals surface area contributed by atoms with Gasteiger partial charge in [0.2, 0.25) is 0 Å². The number of carbonyl (C=O) groups is 1. The Morgan fingerprint density at radius 2 is 1.84 bits per heavy atom. The van der Waals surface area contributed by atoms with E-state index in [9.17, 15) is 4.79 Å². The summed E-state index contributed by atoms with van der Waals surface area (Å²) < 4.78 is 15.1. The van der Waals surface area contributed by atoms with Gasteiger partial charge in [0.15, 0.2) is 0 Å². The molecule has 1 unspecified atom stereocenters. The number of methoxy groups -OCH3 is 1. The predicted octanol–water partition coefficient (Wildman–Crippen LogP) is 1.73. The number of thiol groups is 1. The third kappa shape index (κ3) is 7.20. The molecule has 5 heteroatoms. The highest BCUT2D eigenvalue weighted by atomic mass is 32.1. The summed E-state index contributed by atoms with van der Waals surface area (Å²) in [5.74, 6) is -0.317. The number of hydrogen-bond donors (Lipinski definition) is 1. The maximum Gasteiger partial charge on any atom is 0.319 e. The van der Waals surface area contributed by atoms with E-state index < -0.39 is 5.25 Å². The van der Waals surface area contributed by atoms with Gasteiger partial charge in [-0.3, -0.25) is 4.79 Å². The first-order valence-electron chi connectivity index (χ1n) is 6.19. The molecule has 0 heterocycles. The molecule has 19 heavy (non-hydrogen) atoms. The Morgan fingerprint density at radius 3 is 2.53 bits per heavy atom. The van der Waals surface area contributed by atoms with E-state index in [1.807, 2.05) is 30.3 Å². The fraction of sp³-hybridized carbons (Fsp3) is 0.500. The van der Waals surface area contributed by atoms with Gasteiger partial charge in [0, 0.05) is 7.11 Å². The minimum atomic E-state index is -0.443. The lowest BCUT2D eigenvalue weighted by molar-refractivity contribution is -0.144. The van der Waals surface area contributed by atoms with Crippen LogP contribution in [0.1, 0.15) is 5.56 Å². The average molecular weight is 284 g/mol. The SMILES string of the molecule is COCCOCCOC(=O)C(S)Cc1ccccc1. The van der Waals surface area contributed by atoms with Crippen LogP contribution in [0.4, 0.5) is 0 Å². The van der Waals surface area contributed by atoms with E-state index in [0.29, 0.717) is 26.2 Å². The largest absolute Gasteiger partial charge is 0.462 e. The number of hydrogen-bond acceptors (Lipinski definition) is 5. The van der Waals surface area contributed by atoms with Crippen LogP contribution in [0, 0.1) is 0 Å². The Kier molecular flexibility index (Phi) is 8.29. The molecule has 1 atom stereocenters. The van der Waals surface area contributed by atoms with Gasteiger partial charge in [0.05, 0.1) is 19.8 Å². The van der Waals surface area contributed by atoms with Gasteiger partial charge in [-0.2, -0.15) is 12.6 Å². The standard InChI is InChI=1S/C14H20O4S/c1-16-7-8-17-9-10-18-14(15)13(19)11-12-5-3-2-4-6-12/h2-6,13,19H,7-11H2,1H3. The number of carbonyl (C=O) groups excluding carboxylic acids is 1. The monoisotopic (exact) mass is 284 g/mol. The lowest BCUT2D eigenvalue weighted by Gasteiger charge is -2.11. The van der Waals surface area contributed by atoms with E-state index in [1.54, 1.807) is 7.11 Å². The first kappa shape index (κ1) is 16.0. The van der Waals surface area contributed by atoms with Crippen LogP contribution in [-0.2, 0) is 25.4 Å². The lowest BCUT2D eigenvalue weighted by Crippen LogP contribution is -2.22. The third-order valence-corrected chi connectivity index (χ3v) is 2.84. The van der Waals surface area contributed by atoms with Crippen molar-refractivity contribution in [3.8, 4) is 0 Å². The van der Waals surface area contributed by atoms with E-state index in [2.05, 4.69) is 12.6 Å². The van der Waals surface area contributed by atoms with Crippen LogP contribution in [0.2, 0.25) is 0 Å². The summed E-state index contributed by atoms with van der Waals surface area (Å²) in [5.41, 5.74) is 1.07. The van der Waals surface area contributed by atoms with Crippen molar-refractivity contribution >= 4 is 18.6 Å². The summed E-state index contributed by atoms with van der Waals surface area (Å²) in [4.78, 5) is 11.7. The van der Waals surface area contributed by atoms with Crippen LogP contribution in [0.15, 0.2) is 30.3 Å². The van der Waals surface area contributed by atoms with Gasteiger partial charge in [0.25, 0.3) is 0 Å². The van der Waals surface area contributed by atoms with Crippen LogP contribution in [0.5, 0.6) is 0 Å². The molecule has 1 aromatic carbocycles. The topological polar surface area (TPSA) is 44.8 Å². The van der Waals surface area contributed by atoms with E-state index in [4.69, 9.17) is 14.2 Å². The zero-order chi connectivity index (χ0) is 13.9. The maximum atomic E-state index is 11.7. The zero-order valence-electron chi connectivity index (χ0n) is 11.1. The Balaban J connectivity index is 2.15. The van der Waals surface area contributed by atoms with E-state index in [1.165, 1.54) is 0 Å². The van der Waals surface area contributed by atoms with Gasteiger partial charge in [-0.25, -0.2) is 0 Å². The second-order valence-corrected chi connectivity index (χ2v) is 4.60. The van der Waals surface area contributed by atoms with Crippen LogP contribution in [-0.4, -0.2) is 44.8 Å². The summed E-state index contributed by atoms with van der Waals surface area (Å²) >= 11 is 4.26. The number of benzene rings is 1. The third-order valence-electron chi connectivity index (χ3n) is 2.45. The number of esters is 1. The normalized spacial score (nSPS) is 12.1. The van der Waals surface area contributed by atoms with Gasteiger partial charge in [-0.05, 0) is 12.0 Å².